The minimum absolute atomic E-state index is 0.609. The number of anilines is 1. The molecule has 2 unspecified atom stereocenters. The zero-order valence-electron chi connectivity index (χ0n) is 11.9. The molecule has 0 bridgehead atoms. The maximum atomic E-state index is 6.27. The van der Waals surface area contributed by atoms with Crippen molar-refractivity contribution in [3.63, 3.8) is 0 Å². The lowest BCUT2D eigenvalue weighted by Crippen LogP contribution is -2.47. The van der Waals surface area contributed by atoms with Gasteiger partial charge in [0.1, 0.15) is 0 Å². The van der Waals surface area contributed by atoms with Crippen LogP contribution in [-0.4, -0.2) is 31.2 Å². The van der Waals surface area contributed by atoms with Gasteiger partial charge in [-0.15, -0.1) is 0 Å². The molecule has 1 N–H and O–H groups in total. The monoisotopic (exact) mass is 289 g/mol. The maximum Gasteiger partial charge on any atom is 0.0950 e. The Morgan fingerprint density at radius 1 is 1.35 bits per heavy atom. The summed E-state index contributed by atoms with van der Waals surface area (Å²) in [5.41, 5.74) is 2.21. The summed E-state index contributed by atoms with van der Waals surface area (Å²) in [6.07, 6.45) is 3.00. The molecule has 0 spiro atoms. The molecule has 3 rings (SSSR count). The molecule has 0 radical (unpaired) electrons. The summed E-state index contributed by atoms with van der Waals surface area (Å²) in [5.74, 6) is 0.628. The van der Waals surface area contributed by atoms with Crippen molar-refractivity contribution in [1.82, 2.24) is 10.3 Å². The van der Waals surface area contributed by atoms with Crippen molar-refractivity contribution in [2.24, 2.45) is 5.92 Å². The van der Waals surface area contributed by atoms with E-state index in [9.17, 15) is 0 Å². The third-order valence-corrected chi connectivity index (χ3v) is 4.64. The summed E-state index contributed by atoms with van der Waals surface area (Å²) >= 11 is 6.27. The third-order valence-electron chi connectivity index (χ3n) is 4.31. The number of aromatic nitrogens is 1. The summed E-state index contributed by atoms with van der Waals surface area (Å²) in [6.45, 7) is 4.42. The lowest BCUT2D eigenvalue weighted by molar-refractivity contribution is 0.339. The van der Waals surface area contributed by atoms with E-state index < -0.39 is 0 Å². The van der Waals surface area contributed by atoms with Gasteiger partial charge < -0.3 is 10.2 Å². The third kappa shape index (κ3) is 2.36. The SMILES string of the molecule is CNC1CCN(c2ccc(Cl)c3cccnc23)CC1C. The molecule has 0 aliphatic carbocycles. The van der Waals surface area contributed by atoms with Crippen LogP contribution in [0.5, 0.6) is 0 Å². The lowest BCUT2D eigenvalue weighted by atomic mass is 9.93. The van der Waals surface area contributed by atoms with Gasteiger partial charge in [-0.3, -0.25) is 4.98 Å². The predicted molar refractivity (Wildman–Crippen MR) is 85.6 cm³/mol. The van der Waals surface area contributed by atoms with E-state index >= 15 is 0 Å². The number of hydrogen-bond donors (Lipinski definition) is 1. The minimum Gasteiger partial charge on any atom is -0.369 e. The second kappa shape index (κ2) is 5.58. The summed E-state index contributed by atoms with van der Waals surface area (Å²) < 4.78 is 0. The fourth-order valence-electron chi connectivity index (χ4n) is 3.17. The highest BCUT2D eigenvalue weighted by atomic mass is 35.5. The zero-order valence-corrected chi connectivity index (χ0v) is 12.7. The fourth-order valence-corrected chi connectivity index (χ4v) is 3.39. The van der Waals surface area contributed by atoms with E-state index in [-0.39, 0.29) is 0 Å². The summed E-state index contributed by atoms with van der Waals surface area (Å²) in [7, 11) is 2.05. The van der Waals surface area contributed by atoms with E-state index in [2.05, 4.69) is 35.2 Å². The van der Waals surface area contributed by atoms with Gasteiger partial charge in [-0.05, 0) is 43.7 Å². The van der Waals surface area contributed by atoms with Gasteiger partial charge >= 0.3 is 0 Å². The maximum absolute atomic E-state index is 6.27. The standard InChI is InChI=1S/C16H20ClN3/c1-11-10-20(9-7-14(11)18-2)15-6-5-13(17)12-4-3-8-19-16(12)15/h3-6,8,11,14,18H,7,9-10H2,1-2H3. The molecule has 20 heavy (non-hydrogen) atoms. The molecule has 3 nitrogen and oxygen atoms in total. The molecule has 106 valence electrons. The highest BCUT2D eigenvalue weighted by molar-refractivity contribution is 6.35. The molecule has 4 heteroatoms. The number of nitrogens with zero attached hydrogens (tertiary/aromatic N) is 2. The molecule has 2 aromatic rings. The quantitative estimate of drug-likeness (QED) is 0.919. The van der Waals surface area contributed by atoms with Crippen LogP contribution in [0.3, 0.4) is 0 Å². The molecule has 1 aromatic carbocycles. The van der Waals surface area contributed by atoms with Crippen molar-refractivity contribution in [3.05, 3.63) is 35.5 Å². The second-order valence-electron chi connectivity index (χ2n) is 5.57. The Kier molecular flexibility index (Phi) is 3.81. The van der Waals surface area contributed by atoms with Crippen LogP contribution in [0.2, 0.25) is 5.02 Å². The molecule has 2 heterocycles. The number of halogens is 1. The van der Waals surface area contributed by atoms with Crippen molar-refractivity contribution in [2.45, 2.75) is 19.4 Å². The van der Waals surface area contributed by atoms with Gasteiger partial charge in [0.25, 0.3) is 0 Å². The topological polar surface area (TPSA) is 28.2 Å². The van der Waals surface area contributed by atoms with Crippen molar-refractivity contribution in [1.29, 1.82) is 0 Å². The van der Waals surface area contributed by atoms with Gasteiger partial charge in [0.05, 0.1) is 16.2 Å². The van der Waals surface area contributed by atoms with Gasteiger partial charge in [0.2, 0.25) is 0 Å². The Morgan fingerprint density at radius 2 is 2.20 bits per heavy atom. The van der Waals surface area contributed by atoms with Crippen LogP contribution < -0.4 is 10.2 Å². The molecule has 1 aromatic heterocycles. The molecule has 0 saturated carbocycles. The number of fused-ring (bicyclic) bond motifs is 1. The largest absolute Gasteiger partial charge is 0.369 e. The van der Waals surface area contributed by atoms with Crippen LogP contribution in [0.25, 0.3) is 10.9 Å². The van der Waals surface area contributed by atoms with Gasteiger partial charge in [0, 0.05) is 30.7 Å². The van der Waals surface area contributed by atoms with Gasteiger partial charge in [0.15, 0.2) is 0 Å². The van der Waals surface area contributed by atoms with Crippen molar-refractivity contribution >= 4 is 28.2 Å². The van der Waals surface area contributed by atoms with E-state index in [1.54, 1.807) is 0 Å². The van der Waals surface area contributed by atoms with Crippen LogP contribution in [0.4, 0.5) is 5.69 Å². The molecular formula is C16H20ClN3. The second-order valence-corrected chi connectivity index (χ2v) is 5.98. The molecule has 0 amide bonds. The van der Waals surface area contributed by atoms with Gasteiger partial charge in [-0.1, -0.05) is 18.5 Å². The highest BCUT2D eigenvalue weighted by Crippen LogP contribution is 2.32. The number of nitrogens with one attached hydrogen (secondary N) is 1. The van der Waals surface area contributed by atoms with Crippen LogP contribution in [0, 0.1) is 5.92 Å². The predicted octanol–water partition coefficient (Wildman–Crippen LogP) is 3.32. The van der Waals surface area contributed by atoms with E-state index in [1.165, 1.54) is 5.69 Å². The van der Waals surface area contributed by atoms with Crippen LogP contribution in [0.15, 0.2) is 30.5 Å². The Bertz CT molecular complexity index is 614. The number of rotatable bonds is 2. The zero-order chi connectivity index (χ0) is 14.1. The van der Waals surface area contributed by atoms with E-state index in [1.807, 2.05) is 24.4 Å². The van der Waals surface area contributed by atoms with Crippen LogP contribution in [0.1, 0.15) is 13.3 Å². The van der Waals surface area contributed by atoms with Crippen LogP contribution in [-0.2, 0) is 0 Å². The minimum atomic E-state index is 0.609. The van der Waals surface area contributed by atoms with Crippen molar-refractivity contribution < 1.29 is 0 Å². The Balaban J connectivity index is 1.97. The van der Waals surface area contributed by atoms with E-state index in [0.29, 0.717) is 12.0 Å². The summed E-state index contributed by atoms with van der Waals surface area (Å²) in [6, 6.07) is 8.67. The average Bonchev–Trinajstić information content (AvgIpc) is 2.48. The Morgan fingerprint density at radius 3 is 2.95 bits per heavy atom. The average molecular weight is 290 g/mol. The molecule has 2 atom stereocenters. The normalized spacial score (nSPS) is 23.2. The van der Waals surface area contributed by atoms with E-state index in [0.717, 1.165) is 35.4 Å². The Labute approximate surface area is 124 Å². The van der Waals surface area contributed by atoms with Gasteiger partial charge in [-0.25, -0.2) is 0 Å². The van der Waals surface area contributed by atoms with Crippen molar-refractivity contribution in [3.8, 4) is 0 Å². The smallest absolute Gasteiger partial charge is 0.0950 e. The number of piperidine rings is 1. The Hall–Kier alpha value is -1.32. The first-order chi connectivity index (χ1) is 9.70. The first kappa shape index (κ1) is 13.7. The number of pyridine rings is 1. The molecule has 1 aliphatic heterocycles. The van der Waals surface area contributed by atoms with E-state index in [4.69, 9.17) is 11.6 Å². The molecule has 1 fully saturated rings. The summed E-state index contributed by atoms with van der Waals surface area (Å²) in [5, 5.41) is 5.22. The molecule has 1 aliphatic rings. The lowest BCUT2D eigenvalue weighted by Gasteiger charge is -2.38. The first-order valence-electron chi connectivity index (χ1n) is 7.16. The summed E-state index contributed by atoms with van der Waals surface area (Å²) in [4.78, 5) is 6.97. The number of hydrogen-bond acceptors (Lipinski definition) is 3. The van der Waals surface area contributed by atoms with Crippen LogP contribution >= 0.6 is 11.6 Å². The van der Waals surface area contributed by atoms with Gasteiger partial charge in [-0.2, -0.15) is 0 Å². The first-order valence-corrected chi connectivity index (χ1v) is 7.54. The fraction of sp³-hybridized carbons (Fsp3) is 0.438. The molecule has 1 saturated heterocycles. The number of benzene rings is 1. The molecular weight excluding hydrogens is 270 g/mol. The highest BCUT2D eigenvalue weighted by Gasteiger charge is 2.26. The van der Waals surface area contributed by atoms with Crippen molar-refractivity contribution in [2.75, 3.05) is 25.0 Å².